The molecule has 1 aromatic heterocycles. The van der Waals surface area contributed by atoms with Gasteiger partial charge in [0, 0.05) is 18.6 Å². The SMILES string of the molecule is COc1cc(OCCCC(=O)O)c(-c2cc(=O)c3cccc(Cl)c3o2)cc1C. The van der Waals surface area contributed by atoms with E-state index in [0.717, 1.165) is 5.56 Å². The van der Waals surface area contributed by atoms with E-state index >= 15 is 0 Å². The number of ether oxygens (including phenoxy) is 2. The van der Waals surface area contributed by atoms with Gasteiger partial charge in [0.05, 0.1) is 29.7 Å². The molecular formula is C21H19ClO6. The average Bonchev–Trinajstić information content (AvgIpc) is 2.66. The number of fused-ring (bicyclic) bond motifs is 1. The Morgan fingerprint density at radius 2 is 2.00 bits per heavy atom. The number of hydrogen-bond donors (Lipinski definition) is 1. The van der Waals surface area contributed by atoms with Gasteiger partial charge in [-0.2, -0.15) is 0 Å². The highest BCUT2D eigenvalue weighted by Crippen LogP contribution is 2.37. The van der Waals surface area contributed by atoms with Crippen LogP contribution < -0.4 is 14.9 Å². The molecule has 0 atom stereocenters. The third-order valence-electron chi connectivity index (χ3n) is 4.26. The van der Waals surface area contributed by atoms with Crippen LogP contribution in [0.4, 0.5) is 0 Å². The summed E-state index contributed by atoms with van der Waals surface area (Å²) < 4.78 is 17.1. The third-order valence-corrected chi connectivity index (χ3v) is 4.56. The fraction of sp³-hybridized carbons (Fsp3) is 0.238. The molecule has 0 spiro atoms. The quantitative estimate of drug-likeness (QED) is 0.578. The fourth-order valence-corrected chi connectivity index (χ4v) is 3.10. The molecule has 0 aliphatic rings. The number of methoxy groups -OCH3 is 1. The minimum atomic E-state index is -0.888. The first-order chi connectivity index (χ1) is 13.4. The number of halogens is 1. The summed E-state index contributed by atoms with van der Waals surface area (Å²) in [4.78, 5) is 23.2. The van der Waals surface area contributed by atoms with Crippen molar-refractivity contribution in [3.05, 3.63) is 57.2 Å². The minimum absolute atomic E-state index is 0.000997. The summed E-state index contributed by atoms with van der Waals surface area (Å²) in [5.74, 6) is 0.464. The Morgan fingerprint density at radius 1 is 1.21 bits per heavy atom. The molecule has 2 aromatic carbocycles. The van der Waals surface area contributed by atoms with Crippen LogP contribution in [-0.4, -0.2) is 24.8 Å². The lowest BCUT2D eigenvalue weighted by Gasteiger charge is -2.15. The second kappa shape index (κ2) is 8.35. The summed E-state index contributed by atoms with van der Waals surface area (Å²) in [6, 6.07) is 9.88. The number of carboxylic acids is 1. The van der Waals surface area contributed by atoms with Gasteiger partial charge in [-0.05, 0) is 37.1 Å². The van der Waals surface area contributed by atoms with Crippen molar-refractivity contribution < 1.29 is 23.8 Å². The van der Waals surface area contributed by atoms with Gasteiger partial charge < -0.3 is 19.0 Å². The maximum absolute atomic E-state index is 12.5. The first kappa shape index (κ1) is 19.8. The summed E-state index contributed by atoms with van der Waals surface area (Å²) in [6.45, 7) is 2.06. The molecule has 1 N–H and O–H groups in total. The molecule has 3 rings (SSSR count). The van der Waals surface area contributed by atoms with Gasteiger partial charge >= 0.3 is 5.97 Å². The highest BCUT2D eigenvalue weighted by Gasteiger charge is 2.16. The molecule has 146 valence electrons. The lowest BCUT2D eigenvalue weighted by atomic mass is 10.1. The van der Waals surface area contributed by atoms with E-state index in [1.807, 2.05) is 6.92 Å². The second-order valence-electron chi connectivity index (χ2n) is 6.26. The number of para-hydroxylation sites is 1. The molecule has 0 saturated heterocycles. The molecule has 0 aliphatic carbocycles. The van der Waals surface area contributed by atoms with Crippen molar-refractivity contribution in [3.63, 3.8) is 0 Å². The number of hydrogen-bond acceptors (Lipinski definition) is 5. The number of aryl methyl sites for hydroxylation is 1. The van der Waals surface area contributed by atoms with Crippen LogP contribution in [0, 0.1) is 6.92 Å². The van der Waals surface area contributed by atoms with Gasteiger partial charge in [0.15, 0.2) is 11.0 Å². The van der Waals surface area contributed by atoms with E-state index in [-0.39, 0.29) is 18.5 Å². The zero-order valence-electron chi connectivity index (χ0n) is 15.5. The van der Waals surface area contributed by atoms with E-state index in [2.05, 4.69) is 0 Å². The predicted molar refractivity (Wildman–Crippen MR) is 107 cm³/mol. The van der Waals surface area contributed by atoms with Crippen LogP contribution in [0.2, 0.25) is 5.02 Å². The lowest BCUT2D eigenvalue weighted by Crippen LogP contribution is -2.05. The van der Waals surface area contributed by atoms with Crippen LogP contribution in [0.1, 0.15) is 18.4 Å². The smallest absolute Gasteiger partial charge is 0.303 e. The van der Waals surface area contributed by atoms with Crippen LogP contribution in [0.25, 0.3) is 22.3 Å². The van der Waals surface area contributed by atoms with Gasteiger partial charge in [0.2, 0.25) is 0 Å². The Labute approximate surface area is 166 Å². The first-order valence-electron chi connectivity index (χ1n) is 8.66. The van der Waals surface area contributed by atoms with Crippen molar-refractivity contribution in [2.45, 2.75) is 19.8 Å². The van der Waals surface area contributed by atoms with E-state index in [0.29, 0.717) is 45.2 Å². The van der Waals surface area contributed by atoms with Crippen LogP contribution >= 0.6 is 11.6 Å². The molecule has 1 heterocycles. The molecule has 0 bridgehead atoms. The van der Waals surface area contributed by atoms with Crippen LogP contribution in [-0.2, 0) is 4.79 Å². The second-order valence-corrected chi connectivity index (χ2v) is 6.66. The Morgan fingerprint density at radius 3 is 2.71 bits per heavy atom. The standard InChI is InChI=1S/C21H19ClO6/c1-12-9-14(18(11-17(12)26-2)27-8-4-7-20(24)25)19-10-16(23)13-5-3-6-15(22)21(13)28-19/h3,5-6,9-11H,4,7-8H2,1-2H3,(H,24,25). The monoisotopic (exact) mass is 402 g/mol. The van der Waals surface area contributed by atoms with Gasteiger partial charge in [-0.1, -0.05) is 17.7 Å². The molecule has 7 heteroatoms. The van der Waals surface area contributed by atoms with Gasteiger partial charge in [-0.15, -0.1) is 0 Å². The van der Waals surface area contributed by atoms with E-state index < -0.39 is 5.97 Å². The van der Waals surface area contributed by atoms with E-state index in [1.54, 1.807) is 37.4 Å². The summed E-state index contributed by atoms with van der Waals surface area (Å²) in [6.07, 6.45) is 0.345. The third kappa shape index (κ3) is 4.12. The zero-order valence-corrected chi connectivity index (χ0v) is 16.2. The van der Waals surface area contributed by atoms with Gasteiger partial charge in [-0.25, -0.2) is 0 Å². The van der Waals surface area contributed by atoms with E-state index in [1.165, 1.54) is 6.07 Å². The summed E-state index contributed by atoms with van der Waals surface area (Å²) in [5.41, 5.74) is 1.48. The Hall–Kier alpha value is -2.99. The lowest BCUT2D eigenvalue weighted by molar-refractivity contribution is -0.137. The van der Waals surface area contributed by atoms with E-state index in [9.17, 15) is 9.59 Å². The molecule has 0 radical (unpaired) electrons. The molecule has 3 aromatic rings. The maximum Gasteiger partial charge on any atom is 0.303 e. The van der Waals surface area contributed by atoms with Gasteiger partial charge in [-0.3, -0.25) is 9.59 Å². The fourth-order valence-electron chi connectivity index (χ4n) is 2.88. The maximum atomic E-state index is 12.5. The molecule has 0 unspecified atom stereocenters. The first-order valence-corrected chi connectivity index (χ1v) is 9.04. The van der Waals surface area contributed by atoms with Crippen molar-refractivity contribution in [3.8, 4) is 22.8 Å². The molecule has 0 aliphatic heterocycles. The van der Waals surface area contributed by atoms with Crippen LogP contribution in [0.15, 0.2) is 45.6 Å². The summed E-state index contributed by atoms with van der Waals surface area (Å²) in [5, 5.41) is 9.51. The summed E-state index contributed by atoms with van der Waals surface area (Å²) in [7, 11) is 1.55. The van der Waals surface area contributed by atoms with Gasteiger partial charge in [0.1, 0.15) is 17.3 Å². The minimum Gasteiger partial charge on any atom is -0.496 e. The predicted octanol–water partition coefficient (Wildman–Crippen LogP) is 4.67. The number of aliphatic carboxylic acids is 1. The Kier molecular flexibility index (Phi) is 5.90. The van der Waals surface area contributed by atoms with E-state index in [4.69, 9.17) is 30.6 Å². The molecule has 6 nitrogen and oxygen atoms in total. The van der Waals surface area contributed by atoms with Crippen molar-refractivity contribution in [2.24, 2.45) is 0 Å². The highest BCUT2D eigenvalue weighted by molar-refractivity contribution is 6.34. The number of benzene rings is 2. The summed E-state index contributed by atoms with van der Waals surface area (Å²) >= 11 is 6.20. The van der Waals surface area contributed by atoms with Crippen molar-refractivity contribution in [1.82, 2.24) is 0 Å². The van der Waals surface area contributed by atoms with Crippen molar-refractivity contribution >= 4 is 28.5 Å². The number of carboxylic acid groups (broad SMARTS) is 1. The topological polar surface area (TPSA) is 86.0 Å². The number of rotatable bonds is 7. The number of carbonyl (C=O) groups is 1. The van der Waals surface area contributed by atoms with Crippen molar-refractivity contribution in [1.29, 1.82) is 0 Å². The van der Waals surface area contributed by atoms with Crippen LogP contribution in [0.5, 0.6) is 11.5 Å². The molecular weight excluding hydrogens is 384 g/mol. The normalized spacial score (nSPS) is 10.8. The largest absolute Gasteiger partial charge is 0.496 e. The Bertz CT molecular complexity index is 1090. The van der Waals surface area contributed by atoms with Crippen molar-refractivity contribution in [2.75, 3.05) is 13.7 Å². The van der Waals surface area contributed by atoms with Gasteiger partial charge in [0.25, 0.3) is 0 Å². The molecule has 28 heavy (non-hydrogen) atoms. The molecule has 0 saturated carbocycles. The highest BCUT2D eigenvalue weighted by atomic mass is 35.5. The Balaban J connectivity index is 2.08. The average molecular weight is 403 g/mol. The molecule has 0 fully saturated rings. The zero-order chi connectivity index (χ0) is 20.3. The van der Waals surface area contributed by atoms with Crippen LogP contribution in [0.3, 0.4) is 0 Å². The molecule has 0 amide bonds.